The fourth-order valence-electron chi connectivity index (χ4n) is 2.32. The summed E-state index contributed by atoms with van der Waals surface area (Å²) in [6.45, 7) is 6.07. The summed E-state index contributed by atoms with van der Waals surface area (Å²) in [4.78, 5) is 13.9. The molecule has 0 fully saturated rings. The highest BCUT2D eigenvalue weighted by Gasteiger charge is 2.11. The second kappa shape index (κ2) is 8.50. The number of rotatable bonds is 5. The standard InChI is InChI=1S/C22H18BrN3/c1-3-4-6-9-16(2)20-24-21(17-10-7-5-8-11-17)26-22(25-20)18-12-14-19(23)15-13-18/h3-15H,2H2,1H3/b4-3-,9-6-. The van der Waals surface area contributed by atoms with E-state index in [1.54, 1.807) is 0 Å². The van der Waals surface area contributed by atoms with Crippen LogP contribution in [0.3, 0.4) is 0 Å². The molecule has 0 saturated heterocycles. The molecule has 3 rings (SSSR count). The SMILES string of the molecule is C=C(/C=C\C=C/C)c1nc(-c2ccccc2)nc(-c2ccc(Br)cc2)n1. The summed E-state index contributed by atoms with van der Waals surface area (Å²) in [5.41, 5.74) is 2.61. The summed E-state index contributed by atoms with van der Waals surface area (Å²) in [7, 11) is 0. The van der Waals surface area contributed by atoms with Gasteiger partial charge in [0.1, 0.15) is 0 Å². The Hall–Kier alpha value is -2.85. The predicted molar refractivity (Wildman–Crippen MR) is 111 cm³/mol. The molecule has 0 aliphatic rings. The van der Waals surface area contributed by atoms with Crippen molar-refractivity contribution in [2.75, 3.05) is 0 Å². The average Bonchev–Trinajstić information content (AvgIpc) is 2.69. The molecule has 0 unspecified atom stereocenters. The lowest BCUT2D eigenvalue weighted by molar-refractivity contribution is 1.04. The molecule has 0 aliphatic carbocycles. The number of aromatic nitrogens is 3. The number of halogens is 1. The van der Waals surface area contributed by atoms with Gasteiger partial charge < -0.3 is 0 Å². The number of hydrogen-bond acceptors (Lipinski definition) is 3. The smallest absolute Gasteiger partial charge is 0.164 e. The molecule has 1 heterocycles. The van der Waals surface area contributed by atoms with E-state index < -0.39 is 0 Å². The highest BCUT2D eigenvalue weighted by atomic mass is 79.9. The summed E-state index contributed by atoms with van der Waals surface area (Å²) < 4.78 is 1.01. The molecule has 0 atom stereocenters. The molecule has 0 aliphatic heterocycles. The van der Waals surface area contributed by atoms with Crippen LogP contribution in [0.5, 0.6) is 0 Å². The number of hydrogen-bond donors (Lipinski definition) is 0. The molecule has 26 heavy (non-hydrogen) atoms. The van der Waals surface area contributed by atoms with Crippen molar-refractivity contribution < 1.29 is 0 Å². The van der Waals surface area contributed by atoms with Crippen LogP contribution in [0.1, 0.15) is 12.7 Å². The Balaban J connectivity index is 2.10. The number of allylic oxidation sites excluding steroid dienone is 5. The van der Waals surface area contributed by atoms with E-state index in [2.05, 4.69) is 37.5 Å². The predicted octanol–water partition coefficient (Wildman–Crippen LogP) is 6.11. The molecule has 2 aromatic carbocycles. The van der Waals surface area contributed by atoms with Crippen molar-refractivity contribution in [3.05, 3.63) is 95.8 Å². The first-order chi connectivity index (χ1) is 12.7. The lowest BCUT2D eigenvalue weighted by Crippen LogP contribution is -2.01. The van der Waals surface area contributed by atoms with E-state index in [0.717, 1.165) is 21.2 Å². The topological polar surface area (TPSA) is 38.7 Å². The van der Waals surface area contributed by atoms with Gasteiger partial charge in [0.25, 0.3) is 0 Å². The minimum Gasteiger partial charge on any atom is -0.208 e. The largest absolute Gasteiger partial charge is 0.208 e. The fourth-order valence-corrected chi connectivity index (χ4v) is 2.59. The maximum Gasteiger partial charge on any atom is 0.164 e. The Morgan fingerprint density at radius 3 is 2.08 bits per heavy atom. The van der Waals surface area contributed by atoms with Crippen molar-refractivity contribution in [3.63, 3.8) is 0 Å². The third kappa shape index (κ3) is 4.41. The van der Waals surface area contributed by atoms with Crippen LogP contribution in [0.2, 0.25) is 0 Å². The molecule has 0 N–H and O–H groups in total. The first-order valence-electron chi connectivity index (χ1n) is 8.23. The minimum atomic E-state index is 0.567. The quantitative estimate of drug-likeness (QED) is 0.482. The maximum atomic E-state index is 4.67. The molecular weight excluding hydrogens is 386 g/mol. The molecule has 4 heteroatoms. The summed E-state index contributed by atoms with van der Waals surface area (Å²) in [6, 6.07) is 17.8. The molecule has 0 amide bonds. The first-order valence-corrected chi connectivity index (χ1v) is 9.03. The third-order valence-electron chi connectivity index (χ3n) is 3.66. The molecule has 1 aromatic heterocycles. The van der Waals surface area contributed by atoms with Gasteiger partial charge in [-0.3, -0.25) is 0 Å². The molecule has 128 valence electrons. The van der Waals surface area contributed by atoms with Gasteiger partial charge in [0, 0.05) is 21.2 Å². The van der Waals surface area contributed by atoms with Gasteiger partial charge in [-0.05, 0) is 19.1 Å². The first kappa shape index (κ1) is 18.0. The molecular formula is C22H18BrN3. The third-order valence-corrected chi connectivity index (χ3v) is 4.19. The van der Waals surface area contributed by atoms with Crippen LogP contribution in [-0.4, -0.2) is 15.0 Å². The van der Waals surface area contributed by atoms with E-state index in [9.17, 15) is 0 Å². The molecule has 3 nitrogen and oxygen atoms in total. The normalized spacial score (nSPS) is 11.3. The summed E-state index contributed by atoms with van der Waals surface area (Å²) in [5.74, 6) is 1.83. The Morgan fingerprint density at radius 1 is 0.846 bits per heavy atom. The highest BCUT2D eigenvalue weighted by molar-refractivity contribution is 9.10. The van der Waals surface area contributed by atoms with Gasteiger partial charge in [-0.1, -0.05) is 89.3 Å². The Labute approximate surface area is 162 Å². The monoisotopic (exact) mass is 403 g/mol. The second-order valence-electron chi connectivity index (χ2n) is 5.59. The zero-order valence-corrected chi connectivity index (χ0v) is 16.0. The molecule has 0 radical (unpaired) electrons. The van der Waals surface area contributed by atoms with E-state index >= 15 is 0 Å². The molecule has 3 aromatic rings. The van der Waals surface area contributed by atoms with Gasteiger partial charge in [-0.2, -0.15) is 0 Å². The van der Waals surface area contributed by atoms with Crippen molar-refractivity contribution in [2.45, 2.75) is 6.92 Å². The van der Waals surface area contributed by atoms with Crippen LogP contribution in [-0.2, 0) is 0 Å². The van der Waals surface area contributed by atoms with Crippen LogP contribution < -0.4 is 0 Å². The Kier molecular flexibility index (Phi) is 5.87. The molecule has 0 spiro atoms. The highest BCUT2D eigenvalue weighted by Crippen LogP contribution is 2.23. The van der Waals surface area contributed by atoms with Crippen LogP contribution in [0.25, 0.3) is 28.3 Å². The average molecular weight is 404 g/mol. The Bertz CT molecular complexity index is 958. The van der Waals surface area contributed by atoms with Crippen molar-refractivity contribution in [2.24, 2.45) is 0 Å². The maximum absolute atomic E-state index is 4.67. The summed E-state index contributed by atoms with van der Waals surface area (Å²) in [6.07, 6.45) is 7.73. The van der Waals surface area contributed by atoms with E-state index in [0.29, 0.717) is 17.5 Å². The summed E-state index contributed by atoms with van der Waals surface area (Å²) >= 11 is 3.46. The van der Waals surface area contributed by atoms with Crippen molar-refractivity contribution in [1.29, 1.82) is 0 Å². The van der Waals surface area contributed by atoms with E-state index in [4.69, 9.17) is 0 Å². The lowest BCUT2D eigenvalue weighted by Gasteiger charge is -2.08. The van der Waals surface area contributed by atoms with E-state index in [-0.39, 0.29) is 0 Å². The van der Waals surface area contributed by atoms with E-state index in [1.165, 1.54) is 0 Å². The van der Waals surface area contributed by atoms with Gasteiger partial charge in [0.15, 0.2) is 17.5 Å². The zero-order valence-electron chi connectivity index (χ0n) is 14.4. The van der Waals surface area contributed by atoms with Gasteiger partial charge in [-0.25, -0.2) is 15.0 Å². The van der Waals surface area contributed by atoms with Crippen molar-refractivity contribution >= 4 is 21.5 Å². The molecule has 0 bridgehead atoms. The van der Waals surface area contributed by atoms with Gasteiger partial charge >= 0.3 is 0 Å². The van der Waals surface area contributed by atoms with Crippen LogP contribution in [0.4, 0.5) is 0 Å². The van der Waals surface area contributed by atoms with Gasteiger partial charge in [0.05, 0.1) is 0 Å². The van der Waals surface area contributed by atoms with Crippen molar-refractivity contribution in [3.8, 4) is 22.8 Å². The minimum absolute atomic E-state index is 0.567. The fraction of sp³-hybridized carbons (Fsp3) is 0.0455. The summed E-state index contributed by atoms with van der Waals surface area (Å²) in [5, 5.41) is 0. The van der Waals surface area contributed by atoms with Crippen LogP contribution in [0.15, 0.2) is 90.0 Å². The van der Waals surface area contributed by atoms with Crippen LogP contribution in [0, 0.1) is 0 Å². The number of benzene rings is 2. The van der Waals surface area contributed by atoms with E-state index in [1.807, 2.05) is 85.8 Å². The van der Waals surface area contributed by atoms with Gasteiger partial charge in [-0.15, -0.1) is 0 Å². The van der Waals surface area contributed by atoms with Crippen molar-refractivity contribution in [1.82, 2.24) is 15.0 Å². The Morgan fingerprint density at radius 2 is 1.46 bits per heavy atom. The zero-order chi connectivity index (χ0) is 18.4. The van der Waals surface area contributed by atoms with Crippen LogP contribution >= 0.6 is 15.9 Å². The second-order valence-corrected chi connectivity index (χ2v) is 6.50. The van der Waals surface area contributed by atoms with Gasteiger partial charge in [0.2, 0.25) is 0 Å². The number of nitrogens with zero attached hydrogens (tertiary/aromatic N) is 3. The lowest BCUT2D eigenvalue weighted by atomic mass is 10.1. The molecule has 0 saturated carbocycles.